The van der Waals surface area contributed by atoms with E-state index in [4.69, 9.17) is 19.8 Å². The molecular weight excluding hydrogens is 538 g/mol. The summed E-state index contributed by atoms with van der Waals surface area (Å²) in [5, 5.41) is 11.6. The first-order valence-electron chi connectivity index (χ1n) is 14.2. The van der Waals surface area contributed by atoms with Gasteiger partial charge in [0.2, 0.25) is 0 Å². The number of hydrogen-bond donors (Lipinski definition) is 2. The van der Waals surface area contributed by atoms with Crippen LogP contribution in [-0.4, -0.2) is 34.0 Å². The molecule has 4 aromatic carbocycles. The Morgan fingerprint density at radius 1 is 0.884 bits per heavy atom. The van der Waals surface area contributed by atoms with Gasteiger partial charge in [0.15, 0.2) is 23.0 Å². The zero-order valence-electron chi connectivity index (χ0n) is 23.6. The number of ether oxygens (including phenoxy) is 1. The molecule has 210 valence electrons. The molecule has 8 rings (SSSR count). The van der Waals surface area contributed by atoms with E-state index in [2.05, 4.69) is 10.6 Å². The summed E-state index contributed by atoms with van der Waals surface area (Å²) < 4.78 is 7.46. The van der Waals surface area contributed by atoms with Gasteiger partial charge in [-0.3, -0.25) is 9.69 Å². The highest BCUT2D eigenvalue weighted by Gasteiger charge is 2.60. The fraction of sp³-hybridized carbons (Fsp3) is 0.118. The van der Waals surface area contributed by atoms with Crippen LogP contribution >= 0.6 is 0 Å². The normalized spacial score (nSPS) is 17.7. The van der Waals surface area contributed by atoms with E-state index in [1.807, 2.05) is 127 Å². The van der Waals surface area contributed by atoms with Crippen LogP contribution in [0.25, 0.3) is 5.69 Å². The van der Waals surface area contributed by atoms with Crippen LogP contribution in [0.1, 0.15) is 23.7 Å². The van der Waals surface area contributed by atoms with Crippen LogP contribution in [0.2, 0.25) is 0 Å². The molecule has 5 aromatic rings. The summed E-state index contributed by atoms with van der Waals surface area (Å²) in [4.78, 5) is 26.9. The van der Waals surface area contributed by atoms with Crippen LogP contribution in [0.4, 0.5) is 28.6 Å². The second-order valence-corrected chi connectivity index (χ2v) is 10.5. The average Bonchev–Trinajstić information content (AvgIpc) is 3.52. The zero-order valence-corrected chi connectivity index (χ0v) is 23.6. The number of aromatic nitrogens is 2. The van der Waals surface area contributed by atoms with Crippen molar-refractivity contribution in [2.45, 2.75) is 19.4 Å². The number of amidine groups is 2. The molecule has 1 spiro atoms. The lowest BCUT2D eigenvalue weighted by molar-refractivity contribution is -0.119. The Morgan fingerprint density at radius 2 is 1.63 bits per heavy atom. The highest BCUT2D eigenvalue weighted by Crippen LogP contribution is 2.55. The lowest BCUT2D eigenvalue weighted by atomic mass is 9.79. The highest BCUT2D eigenvalue weighted by atomic mass is 16.5. The third-order valence-electron chi connectivity index (χ3n) is 8.05. The molecule has 1 atom stereocenters. The Bertz CT molecular complexity index is 1980. The van der Waals surface area contributed by atoms with Gasteiger partial charge in [-0.2, -0.15) is 5.10 Å². The summed E-state index contributed by atoms with van der Waals surface area (Å²) in [5.74, 6) is 2.23. The number of fused-ring (bicyclic) bond motifs is 8. The van der Waals surface area contributed by atoms with Gasteiger partial charge in [-0.25, -0.2) is 14.7 Å². The number of benzene rings is 4. The number of aryl methyl sites for hydroxylation is 1. The number of anilines is 3. The molecule has 2 N–H and O–H groups in total. The largest absolute Gasteiger partial charge is 0.494 e. The summed E-state index contributed by atoms with van der Waals surface area (Å²) in [6.07, 6.45) is 0. The maximum Gasteiger partial charge on any atom is 0.260 e. The number of para-hydroxylation sites is 4. The van der Waals surface area contributed by atoms with Crippen molar-refractivity contribution in [3.8, 4) is 11.4 Å². The minimum absolute atomic E-state index is 0.171. The van der Waals surface area contributed by atoms with E-state index >= 15 is 0 Å². The van der Waals surface area contributed by atoms with Crippen molar-refractivity contribution < 1.29 is 9.53 Å². The van der Waals surface area contributed by atoms with Gasteiger partial charge in [0.25, 0.3) is 5.91 Å². The first kappa shape index (κ1) is 25.0. The molecular formula is C34H27N7O2. The minimum Gasteiger partial charge on any atom is -0.494 e. The highest BCUT2D eigenvalue weighted by molar-refractivity contribution is 6.53. The Balaban J connectivity index is 1.42. The molecule has 0 aliphatic carbocycles. The third kappa shape index (κ3) is 3.57. The van der Waals surface area contributed by atoms with Crippen molar-refractivity contribution >= 4 is 46.1 Å². The van der Waals surface area contributed by atoms with Gasteiger partial charge < -0.3 is 15.4 Å². The predicted octanol–water partition coefficient (Wildman–Crippen LogP) is 6.48. The molecule has 3 aliphatic rings. The van der Waals surface area contributed by atoms with E-state index in [-0.39, 0.29) is 5.91 Å². The average molecular weight is 566 g/mol. The molecule has 0 unspecified atom stereocenters. The van der Waals surface area contributed by atoms with Crippen molar-refractivity contribution in [3.05, 3.63) is 120 Å². The quantitative estimate of drug-likeness (QED) is 0.260. The lowest BCUT2D eigenvalue weighted by Gasteiger charge is -2.46. The smallest absolute Gasteiger partial charge is 0.260 e. The predicted molar refractivity (Wildman–Crippen MR) is 168 cm³/mol. The van der Waals surface area contributed by atoms with E-state index in [1.165, 1.54) is 0 Å². The maximum absolute atomic E-state index is 14.6. The molecule has 0 radical (unpaired) electrons. The number of nitrogens with one attached hydrogen (secondary N) is 2. The Labute approximate surface area is 248 Å². The summed E-state index contributed by atoms with van der Waals surface area (Å²) in [6, 6.07) is 33.3. The molecule has 4 heterocycles. The first-order chi connectivity index (χ1) is 21.1. The van der Waals surface area contributed by atoms with Crippen molar-refractivity contribution in [2.75, 3.05) is 22.1 Å². The van der Waals surface area contributed by atoms with Crippen molar-refractivity contribution in [2.24, 2.45) is 9.98 Å². The molecule has 9 nitrogen and oxygen atoms in total. The summed E-state index contributed by atoms with van der Waals surface area (Å²) in [5.41, 5.74) is 4.93. The number of aliphatic imine (C=N–C) groups is 2. The number of amides is 1. The van der Waals surface area contributed by atoms with E-state index in [1.54, 1.807) is 0 Å². The van der Waals surface area contributed by atoms with Crippen LogP contribution in [0.5, 0.6) is 5.75 Å². The van der Waals surface area contributed by atoms with Crippen molar-refractivity contribution in [3.63, 3.8) is 0 Å². The fourth-order valence-electron chi connectivity index (χ4n) is 6.32. The van der Waals surface area contributed by atoms with Gasteiger partial charge in [0, 0.05) is 16.9 Å². The van der Waals surface area contributed by atoms with E-state index in [0.717, 1.165) is 51.0 Å². The minimum atomic E-state index is -1.28. The monoisotopic (exact) mass is 565 g/mol. The van der Waals surface area contributed by atoms with Crippen LogP contribution in [0.3, 0.4) is 0 Å². The fourth-order valence-corrected chi connectivity index (χ4v) is 6.32. The van der Waals surface area contributed by atoms with E-state index in [9.17, 15) is 4.79 Å². The number of carbonyl (C=O) groups excluding carboxylic acids is 1. The van der Waals surface area contributed by atoms with Crippen molar-refractivity contribution in [1.82, 2.24) is 9.78 Å². The van der Waals surface area contributed by atoms with Gasteiger partial charge in [-0.15, -0.1) is 0 Å². The summed E-state index contributed by atoms with van der Waals surface area (Å²) in [6.45, 7) is 4.49. The van der Waals surface area contributed by atoms with Crippen LogP contribution in [-0.2, 0) is 10.3 Å². The Morgan fingerprint density at radius 3 is 2.44 bits per heavy atom. The number of carbonyl (C=O) groups is 1. The van der Waals surface area contributed by atoms with Gasteiger partial charge in [-0.05, 0) is 68.4 Å². The molecule has 3 aliphatic heterocycles. The molecule has 0 bridgehead atoms. The molecule has 1 aromatic heterocycles. The maximum atomic E-state index is 14.6. The summed E-state index contributed by atoms with van der Waals surface area (Å²) in [7, 11) is 0. The summed E-state index contributed by atoms with van der Waals surface area (Å²) >= 11 is 0. The van der Waals surface area contributed by atoms with Crippen LogP contribution < -0.4 is 20.3 Å². The molecule has 43 heavy (non-hydrogen) atoms. The van der Waals surface area contributed by atoms with E-state index < -0.39 is 5.54 Å². The van der Waals surface area contributed by atoms with Gasteiger partial charge in [-0.1, -0.05) is 48.5 Å². The Hall–Kier alpha value is -5.70. The van der Waals surface area contributed by atoms with Gasteiger partial charge >= 0.3 is 0 Å². The molecule has 0 saturated carbocycles. The topological polar surface area (TPSA) is 96.1 Å². The van der Waals surface area contributed by atoms with Crippen molar-refractivity contribution in [1.29, 1.82) is 0 Å². The van der Waals surface area contributed by atoms with Crippen LogP contribution in [0.15, 0.2) is 113 Å². The van der Waals surface area contributed by atoms with Crippen LogP contribution in [0, 0.1) is 6.92 Å². The molecule has 0 saturated heterocycles. The second-order valence-electron chi connectivity index (χ2n) is 10.5. The first-order valence-corrected chi connectivity index (χ1v) is 14.2. The van der Waals surface area contributed by atoms with Gasteiger partial charge in [0.05, 0.1) is 34.9 Å². The second kappa shape index (κ2) is 9.42. The molecule has 1 amide bonds. The van der Waals surface area contributed by atoms with E-state index in [0.29, 0.717) is 24.1 Å². The molecule has 0 fully saturated rings. The zero-order chi connectivity index (χ0) is 29.1. The third-order valence-corrected chi connectivity index (χ3v) is 8.05. The lowest BCUT2D eigenvalue weighted by Crippen LogP contribution is -2.60. The number of rotatable bonds is 4. The number of nitrogens with zero attached hydrogens (tertiary/aromatic N) is 5. The standard InChI is InChI=1S/C34H27N7O2/c1-3-43-24-19-17-22(18-20-24)35-30-32-38-31-29(21(2)39-41(31)23-11-5-4-6-12-23)34(25-13-7-8-14-26(25)37-33(34)42)40(32)28-16-10-9-15-27(28)36-30/h4-20H,3H2,1-2H3,(H,35,36)(H,37,42)/t34-/m0/s1. The molecule has 9 heteroatoms. The Kier molecular flexibility index (Phi) is 5.49. The number of hydrogen-bond acceptors (Lipinski definition) is 7. The van der Waals surface area contributed by atoms with Gasteiger partial charge in [0.1, 0.15) is 5.75 Å². The SMILES string of the molecule is CCOc1ccc(NC2=Nc3ccccc3N3C2=Nc2c(c(C)nn2-c2ccccc2)[C@@]32C(=O)Nc3ccccc32)cc1.